The smallest absolute Gasteiger partial charge is 0.306 e. The predicted octanol–water partition coefficient (Wildman–Crippen LogP) is 26.1. The van der Waals surface area contributed by atoms with Gasteiger partial charge in [0, 0.05) is 19.3 Å². The fourth-order valence-corrected chi connectivity index (χ4v) is 11.8. The van der Waals surface area contributed by atoms with Crippen LogP contribution in [0.1, 0.15) is 432 Å². The van der Waals surface area contributed by atoms with Gasteiger partial charge in [-0.25, -0.2) is 0 Å². The molecule has 0 aromatic carbocycles. The van der Waals surface area contributed by atoms with E-state index in [-0.39, 0.29) is 31.1 Å². The van der Waals surface area contributed by atoms with Gasteiger partial charge in [-0.05, 0) is 44.9 Å². The van der Waals surface area contributed by atoms with Crippen LogP contribution in [-0.4, -0.2) is 37.2 Å². The molecular weight excluding hydrogens is 1020 g/mol. The summed E-state index contributed by atoms with van der Waals surface area (Å²) in [5, 5.41) is 0. The van der Waals surface area contributed by atoms with Gasteiger partial charge in [0.1, 0.15) is 13.2 Å². The highest BCUT2D eigenvalue weighted by Gasteiger charge is 2.20. The van der Waals surface area contributed by atoms with Crippen LogP contribution in [0, 0.1) is 0 Å². The second-order valence-corrected chi connectivity index (χ2v) is 25.9. The molecule has 0 saturated heterocycles. The summed E-state index contributed by atoms with van der Waals surface area (Å²) in [6, 6.07) is 0. The second-order valence-electron chi connectivity index (χ2n) is 25.9. The van der Waals surface area contributed by atoms with Gasteiger partial charge in [-0.2, -0.15) is 0 Å². The molecular formula is C77H146O6. The quantitative estimate of drug-likeness (QED) is 0.0261. The Morgan fingerprint density at radius 2 is 0.446 bits per heavy atom. The van der Waals surface area contributed by atoms with Gasteiger partial charge in [0.15, 0.2) is 6.10 Å². The van der Waals surface area contributed by atoms with Gasteiger partial charge < -0.3 is 14.2 Å². The summed E-state index contributed by atoms with van der Waals surface area (Å²) < 4.78 is 17.0. The van der Waals surface area contributed by atoms with Crippen LogP contribution in [0.4, 0.5) is 0 Å². The van der Waals surface area contributed by atoms with Crippen molar-refractivity contribution in [3.8, 4) is 0 Å². The molecule has 0 radical (unpaired) electrons. The molecule has 1 atom stereocenters. The minimum Gasteiger partial charge on any atom is -0.462 e. The molecule has 0 N–H and O–H groups in total. The number of allylic oxidation sites excluding steroid dienone is 4. The molecule has 0 aromatic heterocycles. The van der Waals surface area contributed by atoms with E-state index >= 15 is 0 Å². The number of ether oxygens (including phenoxy) is 3. The molecule has 0 aliphatic heterocycles. The molecule has 0 aliphatic carbocycles. The summed E-state index contributed by atoms with van der Waals surface area (Å²) in [6.45, 7) is 6.67. The van der Waals surface area contributed by atoms with E-state index in [1.807, 2.05) is 0 Å². The fourth-order valence-electron chi connectivity index (χ4n) is 11.8. The van der Waals surface area contributed by atoms with Crippen molar-refractivity contribution >= 4 is 17.9 Å². The molecule has 0 heterocycles. The normalized spacial score (nSPS) is 12.1. The van der Waals surface area contributed by atoms with Crippen LogP contribution >= 0.6 is 0 Å². The highest BCUT2D eigenvalue weighted by atomic mass is 16.6. The first-order valence-corrected chi connectivity index (χ1v) is 37.8. The van der Waals surface area contributed by atoms with E-state index < -0.39 is 6.10 Å². The average molecular weight is 1170 g/mol. The van der Waals surface area contributed by atoms with E-state index in [0.29, 0.717) is 19.3 Å². The van der Waals surface area contributed by atoms with Gasteiger partial charge >= 0.3 is 17.9 Å². The fraction of sp³-hybridized carbons (Fsp3) is 0.909. The molecule has 0 aliphatic rings. The molecule has 6 nitrogen and oxygen atoms in total. The maximum Gasteiger partial charge on any atom is 0.306 e. The molecule has 0 saturated carbocycles. The molecule has 83 heavy (non-hydrogen) atoms. The molecule has 0 bridgehead atoms. The first kappa shape index (κ1) is 80.9. The van der Waals surface area contributed by atoms with Gasteiger partial charge in [0.2, 0.25) is 0 Å². The lowest BCUT2D eigenvalue weighted by Crippen LogP contribution is -2.30. The van der Waals surface area contributed by atoms with Crippen LogP contribution in [0.2, 0.25) is 0 Å². The molecule has 490 valence electrons. The third kappa shape index (κ3) is 70.5. The minimum absolute atomic E-state index is 0.0694. The Balaban J connectivity index is 4.05. The summed E-state index contributed by atoms with van der Waals surface area (Å²) in [7, 11) is 0. The number of hydrogen-bond acceptors (Lipinski definition) is 6. The van der Waals surface area contributed by atoms with Crippen molar-refractivity contribution in [2.45, 2.75) is 438 Å². The second kappa shape index (κ2) is 72.4. The van der Waals surface area contributed by atoms with Gasteiger partial charge in [-0.1, -0.05) is 392 Å². The SMILES string of the molecule is CCCC/C=C\C/C=C\CCCCCCCC(=O)OCC(COC(=O)CCCCCCCCCCCCCCCCCCCCCCCCCCCCCCCCCCCCC)OC(=O)CCCCCCCCCCCCCCCCCC. The van der Waals surface area contributed by atoms with Crippen molar-refractivity contribution in [2.24, 2.45) is 0 Å². The van der Waals surface area contributed by atoms with E-state index in [9.17, 15) is 14.4 Å². The van der Waals surface area contributed by atoms with E-state index in [0.717, 1.165) is 77.0 Å². The lowest BCUT2D eigenvalue weighted by Gasteiger charge is -2.18. The summed E-state index contributed by atoms with van der Waals surface area (Å²) in [5.41, 5.74) is 0. The first-order chi connectivity index (χ1) is 41.0. The lowest BCUT2D eigenvalue weighted by molar-refractivity contribution is -0.167. The van der Waals surface area contributed by atoms with Crippen LogP contribution in [0.5, 0.6) is 0 Å². The minimum atomic E-state index is -0.774. The number of carbonyl (C=O) groups excluding carboxylic acids is 3. The Bertz CT molecular complexity index is 1340. The maximum atomic E-state index is 12.9. The third-order valence-corrected chi connectivity index (χ3v) is 17.5. The zero-order chi connectivity index (χ0) is 59.9. The van der Waals surface area contributed by atoms with E-state index in [4.69, 9.17) is 14.2 Å². The van der Waals surface area contributed by atoms with Crippen molar-refractivity contribution in [2.75, 3.05) is 13.2 Å². The van der Waals surface area contributed by atoms with Gasteiger partial charge in [-0.15, -0.1) is 0 Å². The summed E-state index contributed by atoms with van der Waals surface area (Å²) in [4.78, 5) is 38.4. The highest BCUT2D eigenvalue weighted by molar-refractivity contribution is 5.71. The molecule has 1 unspecified atom stereocenters. The maximum absolute atomic E-state index is 12.9. The number of rotatable bonds is 71. The highest BCUT2D eigenvalue weighted by Crippen LogP contribution is 2.20. The van der Waals surface area contributed by atoms with Gasteiger partial charge in [-0.3, -0.25) is 14.4 Å². The average Bonchev–Trinajstić information content (AvgIpc) is 3.49. The van der Waals surface area contributed by atoms with Crippen molar-refractivity contribution in [1.29, 1.82) is 0 Å². The van der Waals surface area contributed by atoms with E-state index in [1.165, 1.54) is 315 Å². The molecule has 0 amide bonds. The van der Waals surface area contributed by atoms with Crippen molar-refractivity contribution in [1.82, 2.24) is 0 Å². The van der Waals surface area contributed by atoms with Crippen molar-refractivity contribution in [3.05, 3.63) is 24.3 Å². The largest absolute Gasteiger partial charge is 0.462 e. The van der Waals surface area contributed by atoms with Crippen LogP contribution in [-0.2, 0) is 28.6 Å². The van der Waals surface area contributed by atoms with Crippen LogP contribution in [0.15, 0.2) is 24.3 Å². The summed E-state index contributed by atoms with van der Waals surface area (Å²) >= 11 is 0. The standard InChI is InChI=1S/C77H146O6/c1-4-7-10-13-16-19-22-25-28-30-31-32-33-34-35-36-37-38-39-40-41-42-43-44-45-46-47-48-50-52-55-58-61-64-67-70-76(79)82-73-74(72-81-75(78)69-66-63-60-57-54-51-27-24-21-18-15-12-9-6-3)83-77(80)71-68-65-62-59-56-53-49-29-26-23-20-17-14-11-8-5-2/h15,18,24,27,74H,4-14,16-17,19-23,25-26,28-73H2,1-3H3/b18-15-,27-24-. The zero-order valence-corrected chi connectivity index (χ0v) is 56.5. The topological polar surface area (TPSA) is 78.9 Å². The Hall–Kier alpha value is -2.11. The zero-order valence-electron chi connectivity index (χ0n) is 56.5. The van der Waals surface area contributed by atoms with Crippen LogP contribution < -0.4 is 0 Å². The van der Waals surface area contributed by atoms with Crippen molar-refractivity contribution in [3.63, 3.8) is 0 Å². The monoisotopic (exact) mass is 1170 g/mol. The lowest BCUT2D eigenvalue weighted by atomic mass is 10.0. The van der Waals surface area contributed by atoms with Crippen LogP contribution in [0.25, 0.3) is 0 Å². The number of esters is 3. The van der Waals surface area contributed by atoms with E-state index in [2.05, 4.69) is 45.1 Å². The first-order valence-electron chi connectivity index (χ1n) is 37.8. The Kier molecular flexibility index (Phi) is 70.5. The molecule has 0 rings (SSSR count). The van der Waals surface area contributed by atoms with Gasteiger partial charge in [0.05, 0.1) is 0 Å². The van der Waals surface area contributed by atoms with Gasteiger partial charge in [0.25, 0.3) is 0 Å². The Morgan fingerprint density at radius 1 is 0.241 bits per heavy atom. The van der Waals surface area contributed by atoms with Crippen LogP contribution in [0.3, 0.4) is 0 Å². The third-order valence-electron chi connectivity index (χ3n) is 17.5. The Labute approximate surface area is 519 Å². The molecule has 6 heteroatoms. The molecule has 0 spiro atoms. The Morgan fingerprint density at radius 3 is 0.699 bits per heavy atom. The van der Waals surface area contributed by atoms with Crippen molar-refractivity contribution < 1.29 is 28.6 Å². The molecule has 0 aromatic rings. The molecule has 0 fully saturated rings. The number of unbranched alkanes of at least 4 members (excludes halogenated alkanes) is 56. The number of hydrogen-bond donors (Lipinski definition) is 0. The van der Waals surface area contributed by atoms with E-state index in [1.54, 1.807) is 0 Å². The predicted molar refractivity (Wildman–Crippen MR) is 363 cm³/mol. The summed E-state index contributed by atoms with van der Waals surface area (Å²) in [6.07, 6.45) is 89.6. The number of carbonyl (C=O) groups is 3. The summed E-state index contributed by atoms with van der Waals surface area (Å²) in [5.74, 6) is -0.852.